The molecule has 0 radical (unpaired) electrons. The predicted octanol–water partition coefficient (Wildman–Crippen LogP) is 3.08. The third-order valence-electron chi connectivity index (χ3n) is 3.85. The van der Waals surface area contributed by atoms with E-state index >= 15 is 0 Å². The molecule has 1 fully saturated rings. The van der Waals surface area contributed by atoms with Crippen molar-refractivity contribution in [3.05, 3.63) is 28.2 Å². The fourth-order valence-electron chi connectivity index (χ4n) is 2.66. The number of benzene rings is 1. The fourth-order valence-corrected chi connectivity index (χ4v) is 2.96. The summed E-state index contributed by atoms with van der Waals surface area (Å²) in [4.78, 5) is 25.7. The number of rotatable bonds is 4. The molecule has 1 aromatic rings. The maximum absolute atomic E-state index is 12.3. The number of carbonyl (C=O) groups excluding carboxylic acids is 2. The number of nitrogens with one attached hydrogen (secondary N) is 1. The van der Waals surface area contributed by atoms with E-state index in [4.69, 9.17) is 28.9 Å². The smallest absolute Gasteiger partial charge is 0.243 e. The lowest BCUT2D eigenvalue weighted by molar-refractivity contribution is -0.138. The molecule has 2 amide bonds. The van der Waals surface area contributed by atoms with Gasteiger partial charge in [0.15, 0.2) is 0 Å². The zero-order valence-electron chi connectivity index (χ0n) is 12.8. The molecule has 0 unspecified atom stereocenters. The normalized spacial score (nSPS) is 15.7. The minimum atomic E-state index is -0.821. The zero-order chi connectivity index (χ0) is 16.3. The molecule has 2 rings (SSSR count). The van der Waals surface area contributed by atoms with Crippen molar-refractivity contribution in [3.8, 4) is 0 Å². The minimum absolute atomic E-state index is 0. The van der Waals surface area contributed by atoms with Crippen LogP contribution < -0.4 is 11.1 Å². The van der Waals surface area contributed by atoms with Gasteiger partial charge in [0.25, 0.3) is 0 Å². The second-order valence-corrected chi connectivity index (χ2v) is 6.52. The van der Waals surface area contributed by atoms with Crippen LogP contribution in [0.2, 0.25) is 10.0 Å². The molecule has 3 N–H and O–H groups in total. The number of hydrogen-bond donors (Lipinski definition) is 2. The molecule has 0 bridgehead atoms. The Morgan fingerprint density at radius 3 is 2.43 bits per heavy atom. The standard InChI is InChI=1S/C15H19Cl2N3O2.ClH/c1-20(14(22)15(18)6-2-3-7-15)9-13(21)19-10-4-5-11(16)12(17)8-10;/h4-5,8H,2-3,6-7,9,18H2,1H3,(H,19,21);1H. The summed E-state index contributed by atoms with van der Waals surface area (Å²) < 4.78 is 0. The van der Waals surface area contributed by atoms with E-state index < -0.39 is 5.54 Å². The first-order chi connectivity index (χ1) is 10.3. The molecule has 1 aliphatic carbocycles. The van der Waals surface area contributed by atoms with Gasteiger partial charge in [-0.15, -0.1) is 12.4 Å². The van der Waals surface area contributed by atoms with Gasteiger partial charge in [-0.25, -0.2) is 0 Å². The highest BCUT2D eigenvalue weighted by Crippen LogP contribution is 2.29. The SMILES string of the molecule is CN(CC(=O)Nc1ccc(Cl)c(Cl)c1)C(=O)C1(N)CCCC1.Cl. The maximum atomic E-state index is 12.3. The van der Waals surface area contributed by atoms with Crippen LogP contribution in [-0.4, -0.2) is 35.8 Å². The van der Waals surface area contributed by atoms with Crippen molar-refractivity contribution in [3.63, 3.8) is 0 Å². The zero-order valence-corrected chi connectivity index (χ0v) is 15.1. The Hall–Kier alpha value is -1.01. The van der Waals surface area contributed by atoms with Crippen LogP contribution in [0.1, 0.15) is 25.7 Å². The van der Waals surface area contributed by atoms with E-state index in [1.807, 2.05) is 0 Å². The van der Waals surface area contributed by atoms with Gasteiger partial charge in [0, 0.05) is 12.7 Å². The van der Waals surface area contributed by atoms with Crippen LogP contribution >= 0.6 is 35.6 Å². The van der Waals surface area contributed by atoms with Gasteiger partial charge >= 0.3 is 0 Å². The summed E-state index contributed by atoms with van der Waals surface area (Å²) in [5, 5.41) is 3.45. The summed E-state index contributed by atoms with van der Waals surface area (Å²) in [5.41, 5.74) is 5.82. The van der Waals surface area contributed by atoms with Crippen molar-refractivity contribution in [2.45, 2.75) is 31.2 Å². The predicted molar refractivity (Wildman–Crippen MR) is 95.4 cm³/mol. The van der Waals surface area contributed by atoms with Crippen molar-refractivity contribution in [2.75, 3.05) is 18.9 Å². The van der Waals surface area contributed by atoms with Crippen molar-refractivity contribution < 1.29 is 9.59 Å². The Bertz CT molecular complexity index is 589. The van der Waals surface area contributed by atoms with Gasteiger partial charge in [-0.05, 0) is 31.0 Å². The molecule has 0 aliphatic heterocycles. The molecule has 0 atom stereocenters. The summed E-state index contributed by atoms with van der Waals surface area (Å²) in [6, 6.07) is 4.81. The Kier molecular flexibility index (Phi) is 7.14. The van der Waals surface area contributed by atoms with Gasteiger partial charge in [-0.3, -0.25) is 9.59 Å². The van der Waals surface area contributed by atoms with E-state index in [1.165, 1.54) is 4.90 Å². The number of halogens is 3. The van der Waals surface area contributed by atoms with E-state index in [9.17, 15) is 9.59 Å². The summed E-state index contributed by atoms with van der Waals surface area (Å²) in [5.74, 6) is -0.495. The molecule has 0 heterocycles. The number of carbonyl (C=O) groups is 2. The highest BCUT2D eigenvalue weighted by molar-refractivity contribution is 6.42. The van der Waals surface area contributed by atoms with Gasteiger partial charge in [0.05, 0.1) is 22.1 Å². The lowest BCUT2D eigenvalue weighted by atomic mass is 9.97. The monoisotopic (exact) mass is 379 g/mol. The number of hydrogen-bond acceptors (Lipinski definition) is 3. The highest BCUT2D eigenvalue weighted by Gasteiger charge is 2.39. The molecule has 1 saturated carbocycles. The van der Waals surface area contributed by atoms with Gasteiger partial charge < -0.3 is 16.0 Å². The molecule has 23 heavy (non-hydrogen) atoms. The summed E-state index contributed by atoms with van der Waals surface area (Å²) in [6.45, 7) is -0.0575. The highest BCUT2D eigenvalue weighted by atomic mass is 35.5. The molecule has 1 aliphatic rings. The minimum Gasteiger partial charge on any atom is -0.335 e. The summed E-state index contributed by atoms with van der Waals surface area (Å²) in [7, 11) is 1.59. The number of amides is 2. The van der Waals surface area contributed by atoms with Crippen LogP contribution in [0.3, 0.4) is 0 Å². The fraction of sp³-hybridized carbons (Fsp3) is 0.467. The van der Waals surface area contributed by atoms with Crippen LogP contribution in [0.15, 0.2) is 18.2 Å². The molecule has 1 aromatic carbocycles. The average molecular weight is 381 g/mol. The number of anilines is 1. The second-order valence-electron chi connectivity index (χ2n) is 5.70. The molecule has 0 saturated heterocycles. The van der Waals surface area contributed by atoms with E-state index in [1.54, 1.807) is 25.2 Å². The number of nitrogens with two attached hydrogens (primary N) is 1. The average Bonchev–Trinajstić information content (AvgIpc) is 2.90. The molecule has 0 spiro atoms. The first-order valence-corrected chi connectivity index (χ1v) is 7.87. The summed E-state index contributed by atoms with van der Waals surface area (Å²) in [6.07, 6.45) is 3.24. The van der Waals surface area contributed by atoms with Gasteiger partial charge in [0.1, 0.15) is 0 Å². The van der Waals surface area contributed by atoms with Crippen molar-refractivity contribution in [1.29, 1.82) is 0 Å². The van der Waals surface area contributed by atoms with Crippen LogP contribution in [0, 0.1) is 0 Å². The molecule has 8 heteroatoms. The van der Waals surface area contributed by atoms with Crippen molar-refractivity contribution >= 4 is 53.1 Å². The van der Waals surface area contributed by atoms with E-state index in [2.05, 4.69) is 5.32 Å². The first kappa shape index (κ1) is 20.0. The van der Waals surface area contributed by atoms with Crippen LogP contribution in [0.4, 0.5) is 5.69 Å². The van der Waals surface area contributed by atoms with Crippen molar-refractivity contribution in [1.82, 2.24) is 4.90 Å². The molecular formula is C15H20Cl3N3O2. The molecule has 5 nitrogen and oxygen atoms in total. The Morgan fingerprint density at radius 2 is 1.87 bits per heavy atom. The van der Waals surface area contributed by atoms with Crippen molar-refractivity contribution in [2.24, 2.45) is 5.73 Å². The third-order valence-corrected chi connectivity index (χ3v) is 4.59. The van der Waals surface area contributed by atoms with Crippen LogP contribution in [-0.2, 0) is 9.59 Å². The molecule has 0 aromatic heterocycles. The van der Waals surface area contributed by atoms with E-state index in [0.717, 1.165) is 12.8 Å². The quantitative estimate of drug-likeness (QED) is 0.843. The van der Waals surface area contributed by atoms with Gasteiger partial charge in [-0.1, -0.05) is 36.0 Å². The Labute approximate surface area is 151 Å². The lowest BCUT2D eigenvalue weighted by Crippen LogP contribution is -2.53. The topological polar surface area (TPSA) is 75.4 Å². The third kappa shape index (κ3) is 4.98. The second kappa shape index (κ2) is 8.20. The number of nitrogens with zero attached hydrogens (tertiary/aromatic N) is 1. The molecule has 128 valence electrons. The number of likely N-dealkylation sites (N-methyl/N-ethyl adjacent to an activating group) is 1. The van der Waals surface area contributed by atoms with Gasteiger partial charge in [-0.2, -0.15) is 0 Å². The van der Waals surface area contributed by atoms with Gasteiger partial charge in [0.2, 0.25) is 11.8 Å². The van der Waals surface area contributed by atoms with Crippen LogP contribution in [0.5, 0.6) is 0 Å². The van der Waals surface area contributed by atoms with Crippen LogP contribution in [0.25, 0.3) is 0 Å². The summed E-state index contributed by atoms with van der Waals surface area (Å²) >= 11 is 11.7. The van der Waals surface area contributed by atoms with E-state index in [0.29, 0.717) is 28.6 Å². The Balaban J connectivity index is 0.00000264. The maximum Gasteiger partial charge on any atom is 0.243 e. The first-order valence-electron chi connectivity index (χ1n) is 7.11. The lowest BCUT2D eigenvalue weighted by Gasteiger charge is -2.28. The Morgan fingerprint density at radius 1 is 1.26 bits per heavy atom. The molecular weight excluding hydrogens is 361 g/mol. The largest absolute Gasteiger partial charge is 0.335 e. The van der Waals surface area contributed by atoms with E-state index in [-0.39, 0.29) is 30.8 Å².